The predicted molar refractivity (Wildman–Crippen MR) is 254 cm³/mol. The Hall–Kier alpha value is -4.83. The van der Waals surface area contributed by atoms with E-state index in [0.29, 0.717) is 0 Å². The van der Waals surface area contributed by atoms with Crippen LogP contribution in [-0.2, 0) is 0 Å². The first-order valence-electron chi connectivity index (χ1n) is 19.2. The summed E-state index contributed by atoms with van der Waals surface area (Å²) in [5, 5.41) is 0. The molecule has 0 saturated heterocycles. The molecule has 0 saturated carbocycles. The Bertz CT molecular complexity index is 1650. The molecule has 56 heavy (non-hydrogen) atoms. The second kappa shape index (κ2) is 38.4. The lowest BCUT2D eigenvalue weighted by atomic mass is 10.0. The molecule has 1 aliphatic rings. The number of carbonyl (C=O) groups excluding carboxylic acids is 1. The molecule has 296 valence electrons. The van der Waals surface area contributed by atoms with E-state index in [1.54, 1.807) is 6.08 Å². The number of allylic oxidation sites excluding steroid dienone is 3. The summed E-state index contributed by atoms with van der Waals surface area (Å²) < 4.78 is 0. The Labute approximate surface area is 349 Å². The van der Waals surface area contributed by atoms with Gasteiger partial charge in [0.2, 0.25) is 0 Å². The van der Waals surface area contributed by atoms with Crippen molar-refractivity contribution in [1.29, 1.82) is 0 Å². The quantitative estimate of drug-likeness (QED) is 0.0586. The minimum Gasteiger partial charge on any atom is -0.312 e. The van der Waals surface area contributed by atoms with Crippen molar-refractivity contribution in [3.05, 3.63) is 198 Å². The fourth-order valence-corrected chi connectivity index (χ4v) is 4.33. The SMILES string of the molecule is CC.CC.CC.CC.CC(N)C1=CC=C[C+]=N1.CC(N=C(c1ccccc1)c1ccccc1)c1ccccn1.Cl.O=C(c1ccccc1)c1ccccc1.[B]P. The van der Waals surface area contributed by atoms with Crippen LogP contribution in [0.1, 0.15) is 108 Å². The summed E-state index contributed by atoms with van der Waals surface area (Å²) in [7, 11) is 6.33. The molecule has 5 nitrogen and oxygen atoms in total. The van der Waals surface area contributed by atoms with Gasteiger partial charge in [-0.2, -0.15) is 9.12 Å². The Morgan fingerprint density at radius 2 is 1.00 bits per heavy atom. The fraction of sp³-hybridized carbons (Fsp3) is 0.250. The lowest BCUT2D eigenvalue weighted by molar-refractivity contribution is 0.103. The zero-order chi connectivity index (χ0) is 41.7. The van der Waals surface area contributed by atoms with Crippen molar-refractivity contribution in [2.24, 2.45) is 15.7 Å². The Kier molecular flexibility index (Phi) is 38.1. The molecule has 0 fully saturated rings. The van der Waals surface area contributed by atoms with Gasteiger partial charge in [-0.1, -0.05) is 188 Å². The van der Waals surface area contributed by atoms with Crippen LogP contribution >= 0.6 is 21.5 Å². The van der Waals surface area contributed by atoms with Crippen molar-refractivity contribution < 1.29 is 4.79 Å². The van der Waals surface area contributed by atoms with Gasteiger partial charge >= 0.3 is 0 Å². The third kappa shape index (κ3) is 22.5. The van der Waals surface area contributed by atoms with Gasteiger partial charge in [0.05, 0.1) is 43.2 Å². The molecule has 4 aromatic carbocycles. The van der Waals surface area contributed by atoms with Crippen LogP contribution in [0.15, 0.2) is 180 Å². The summed E-state index contributed by atoms with van der Waals surface area (Å²) in [6.45, 7) is 20.0. The molecule has 0 amide bonds. The van der Waals surface area contributed by atoms with E-state index in [9.17, 15) is 4.79 Å². The van der Waals surface area contributed by atoms with E-state index < -0.39 is 0 Å². The number of ketones is 1. The molecule has 3 unspecified atom stereocenters. The maximum Gasteiger partial charge on any atom is 0.193 e. The number of aliphatic imine (C=N–C) groups is 2. The van der Waals surface area contributed by atoms with Gasteiger partial charge in [-0.15, -0.1) is 12.4 Å². The number of rotatable bonds is 7. The van der Waals surface area contributed by atoms with Crippen LogP contribution in [-0.4, -0.2) is 36.3 Å². The highest BCUT2D eigenvalue weighted by molar-refractivity contribution is 7.49. The third-order valence-corrected chi connectivity index (χ3v) is 6.70. The molecule has 2 heterocycles. The van der Waals surface area contributed by atoms with Crippen LogP contribution in [0.2, 0.25) is 0 Å². The fourth-order valence-electron chi connectivity index (χ4n) is 4.33. The van der Waals surface area contributed by atoms with Crippen LogP contribution < -0.4 is 5.73 Å². The van der Waals surface area contributed by atoms with Gasteiger partial charge in [0, 0.05) is 28.5 Å². The summed E-state index contributed by atoms with van der Waals surface area (Å²) in [6.07, 6.45) is 10.1. The summed E-state index contributed by atoms with van der Waals surface area (Å²) in [5.41, 5.74) is 12.1. The molecule has 5 aromatic rings. The molecule has 6 rings (SSSR count). The van der Waals surface area contributed by atoms with Crippen LogP contribution in [0.25, 0.3) is 0 Å². The van der Waals surface area contributed by atoms with E-state index in [-0.39, 0.29) is 30.3 Å². The number of hydrogen-bond donors (Lipinski definition) is 1. The minimum atomic E-state index is 0. The first-order valence-corrected chi connectivity index (χ1v) is 19.9. The average Bonchev–Trinajstić information content (AvgIpc) is 3.31. The first-order chi connectivity index (χ1) is 27.0. The second-order valence-electron chi connectivity index (χ2n) is 10.2. The summed E-state index contributed by atoms with van der Waals surface area (Å²) in [4.78, 5) is 25.1. The normalized spacial score (nSPS) is 10.5. The molecule has 0 spiro atoms. The van der Waals surface area contributed by atoms with Crippen LogP contribution in [0.4, 0.5) is 0 Å². The smallest absolute Gasteiger partial charge is 0.193 e. The molecule has 1 aliphatic heterocycles. The third-order valence-electron chi connectivity index (χ3n) is 6.70. The van der Waals surface area contributed by atoms with E-state index in [1.165, 1.54) is 0 Å². The Morgan fingerprint density at radius 1 is 0.625 bits per heavy atom. The van der Waals surface area contributed by atoms with Gasteiger partial charge in [-0.05, 0) is 26.0 Å². The zero-order valence-corrected chi connectivity index (χ0v) is 37.1. The van der Waals surface area contributed by atoms with Gasteiger partial charge in [-0.3, -0.25) is 14.8 Å². The van der Waals surface area contributed by atoms with E-state index in [2.05, 4.69) is 54.9 Å². The molecule has 0 bridgehead atoms. The van der Waals surface area contributed by atoms with Crippen LogP contribution in [0, 0.1) is 0 Å². The van der Waals surface area contributed by atoms with E-state index >= 15 is 0 Å². The minimum absolute atomic E-state index is 0. The number of halogens is 1. The van der Waals surface area contributed by atoms with Gasteiger partial charge in [0.1, 0.15) is 6.08 Å². The summed E-state index contributed by atoms with van der Waals surface area (Å²) >= 11 is 0. The second-order valence-corrected chi connectivity index (χ2v) is 10.2. The maximum absolute atomic E-state index is 11.8. The molecule has 1 aromatic heterocycles. The molecule has 2 radical (unpaired) electrons. The number of hydrogen-bond acceptors (Lipinski definition) is 5. The molecule has 2 N–H and O–H groups in total. The highest BCUT2D eigenvalue weighted by Crippen LogP contribution is 2.19. The van der Waals surface area contributed by atoms with Gasteiger partial charge in [0.15, 0.2) is 17.7 Å². The summed E-state index contributed by atoms with van der Waals surface area (Å²) in [5.74, 6) is 0.0752. The standard InChI is InChI=1S/C20H18N2.C13H10O.C7H9N2.4C2H6.BH2P.ClH/c1-16(19-14-8-9-15-21-19)22-20(17-10-4-2-5-11-17)18-12-6-3-7-13-18;14-13(11-7-3-1-4-8-11)12-9-5-2-6-10-12;1-6(8)7-4-2-3-5-9-7;5*1-2;/h2-16H,1H3;1-10H;2-4,6H,8H2,1H3;4*1-2H3;2H2;1H/q;;+1;;;;;;. The van der Waals surface area contributed by atoms with Crippen LogP contribution in [0.5, 0.6) is 0 Å². The van der Waals surface area contributed by atoms with Crippen molar-refractivity contribution in [3.8, 4) is 0 Å². The first kappa shape index (κ1) is 55.5. The van der Waals surface area contributed by atoms with E-state index in [1.807, 2.05) is 205 Å². The zero-order valence-electron chi connectivity index (χ0n) is 35.1. The lowest BCUT2D eigenvalue weighted by Gasteiger charge is -2.12. The molecular formula is C48H64BClN4OP+. The van der Waals surface area contributed by atoms with Gasteiger partial charge in [-0.25, -0.2) is 0 Å². The van der Waals surface area contributed by atoms with E-state index in [0.717, 1.165) is 39.4 Å². The molecule has 3 atom stereocenters. The number of carbonyl (C=O) groups is 1. The number of nitrogens with zero attached hydrogens (tertiary/aromatic N) is 3. The number of nitrogens with two attached hydrogens (primary N) is 1. The largest absolute Gasteiger partial charge is 0.312 e. The average molecular weight is 790 g/mol. The van der Waals surface area contributed by atoms with Crippen molar-refractivity contribution in [2.45, 2.75) is 81.3 Å². The van der Waals surface area contributed by atoms with Crippen molar-refractivity contribution in [2.75, 3.05) is 0 Å². The van der Waals surface area contributed by atoms with Gasteiger partial charge < -0.3 is 5.73 Å². The topological polar surface area (TPSA) is 80.7 Å². The van der Waals surface area contributed by atoms with Crippen LogP contribution in [0.3, 0.4) is 0 Å². The van der Waals surface area contributed by atoms with Crippen molar-refractivity contribution >= 4 is 46.8 Å². The summed E-state index contributed by atoms with van der Waals surface area (Å²) in [6, 6.07) is 45.2. The van der Waals surface area contributed by atoms with Crippen molar-refractivity contribution in [1.82, 2.24) is 4.98 Å². The Morgan fingerprint density at radius 3 is 1.30 bits per heavy atom. The molecule has 0 aliphatic carbocycles. The van der Waals surface area contributed by atoms with E-state index in [4.69, 9.17) is 10.7 Å². The maximum atomic E-state index is 11.8. The number of aromatic nitrogens is 1. The highest BCUT2D eigenvalue weighted by Gasteiger charge is 2.11. The monoisotopic (exact) mass is 789 g/mol. The molecular weight excluding hydrogens is 726 g/mol. The number of benzene rings is 4. The van der Waals surface area contributed by atoms with Gasteiger partial charge in [0.25, 0.3) is 0 Å². The Balaban J connectivity index is -0.000000714. The number of pyridine rings is 1. The predicted octanol–water partition coefficient (Wildman–Crippen LogP) is 12.8. The lowest BCUT2D eigenvalue weighted by Crippen LogP contribution is -2.17. The molecule has 8 heteroatoms. The van der Waals surface area contributed by atoms with Crippen molar-refractivity contribution in [3.63, 3.8) is 0 Å². The highest BCUT2D eigenvalue weighted by atomic mass is 35.5.